The summed E-state index contributed by atoms with van der Waals surface area (Å²) in [5, 5.41) is 0.534. The average molecular weight is 394 g/mol. The van der Waals surface area contributed by atoms with Crippen LogP contribution in [0.15, 0.2) is 47.4 Å². The highest BCUT2D eigenvalue weighted by Crippen LogP contribution is 2.34. The summed E-state index contributed by atoms with van der Waals surface area (Å²) in [5.41, 5.74) is 1.20. The first-order valence-corrected chi connectivity index (χ1v) is 10.5. The van der Waals surface area contributed by atoms with Crippen molar-refractivity contribution in [3.05, 3.63) is 53.1 Å². The van der Waals surface area contributed by atoms with Crippen LogP contribution in [0.2, 0.25) is 5.02 Å². The molecule has 0 N–H and O–H groups in total. The molecule has 2 heterocycles. The number of hydrogen-bond acceptors (Lipinski definition) is 4. The number of rotatable bonds is 4. The van der Waals surface area contributed by atoms with E-state index in [4.69, 9.17) is 21.1 Å². The summed E-state index contributed by atoms with van der Waals surface area (Å²) in [6.07, 6.45) is 2.62. The Kier molecular flexibility index (Phi) is 4.82. The van der Waals surface area contributed by atoms with Crippen molar-refractivity contribution in [2.24, 2.45) is 5.92 Å². The van der Waals surface area contributed by atoms with Crippen molar-refractivity contribution >= 4 is 21.6 Å². The lowest BCUT2D eigenvalue weighted by atomic mass is 9.91. The van der Waals surface area contributed by atoms with Gasteiger partial charge in [0.2, 0.25) is 16.8 Å². The standard InChI is InChI=1S/C19H20ClNO4S/c20-16-2-4-17(5-3-16)26(22,23)21-9-7-14(8-10-21)11-15-1-6-18-19(12-15)25-13-24-18/h1-6,12,14H,7-11,13H2. The molecule has 4 rings (SSSR count). The van der Waals surface area contributed by atoms with Gasteiger partial charge in [-0.1, -0.05) is 17.7 Å². The molecule has 138 valence electrons. The normalized spacial score (nSPS) is 18.2. The smallest absolute Gasteiger partial charge is 0.243 e. The van der Waals surface area contributed by atoms with E-state index >= 15 is 0 Å². The molecule has 7 heteroatoms. The molecule has 5 nitrogen and oxygen atoms in total. The van der Waals surface area contributed by atoms with Crippen molar-refractivity contribution in [2.75, 3.05) is 19.9 Å². The number of hydrogen-bond donors (Lipinski definition) is 0. The van der Waals surface area contributed by atoms with Gasteiger partial charge in [0.25, 0.3) is 0 Å². The first kappa shape index (κ1) is 17.6. The lowest BCUT2D eigenvalue weighted by molar-refractivity contribution is 0.174. The molecule has 0 bridgehead atoms. The molecule has 2 aliphatic heterocycles. The summed E-state index contributed by atoms with van der Waals surface area (Å²) in [4.78, 5) is 0.302. The molecule has 2 aromatic carbocycles. The van der Waals surface area contributed by atoms with Crippen LogP contribution in [-0.2, 0) is 16.4 Å². The van der Waals surface area contributed by atoms with Gasteiger partial charge in [0.05, 0.1) is 4.90 Å². The molecule has 0 amide bonds. The highest BCUT2D eigenvalue weighted by molar-refractivity contribution is 7.89. The summed E-state index contributed by atoms with van der Waals surface area (Å²) in [6, 6.07) is 12.4. The fourth-order valence-corrected chi connectivity index (χ4v) is 5.11. The van der Waals surface area contributed by atoms with Gasteiger partial charge in [0, 0.05) is 18.1 Å². The predicted octanol–water partition coefficient (Wildman–Crippen LogP) is 3.71. The maximum Gasteiger partial charge on any atom is 0.243 e. The molecule has 1 saturated heterocycles. The van der Waals surface area contributed by atoms with Gasteiger partial charge in [-0.15, -0.1) is 0 Å². The van der Waals surface area contributed by atoms with E-state index in [1.807, 2.05) is 12.1 Å². The van der Waals surface area contributed by atoms with Crippen LogP contribution in [0.4, 0.5) is 0 Å². The number of nitrogens with zero attached hydrogens (tertiary/aromatic N) is 1. The SMILES string of the molecule is O=S(=O)(c1ccc(Cl)cc1)N1CCC(Cc2ccc3c(c2)OCO3)CC1. The van der Waals surface area contributed by atoms with Gasteiger partial charge >= 0.3 is 0 Å². The predicted molar refractivity (Wildman–Crippen MR) is 99.2 cm³/mol. The molecule has 2 aliphatic rings. The summed E-state index contributed by atoms with van der Waals surface area (Å²) < 4.78 is 37.8. The first-order chi connectivity index (χ1) is 12.5. The Morgan fingerprint density at radius 2 is 1.69 bits per heavy atom. The largest absolute Gasteiger partial charge is 0.454 e. The van der Waals surface area contributed by atoms with Gasteiger partial charge in [0.15, 0.2) is 11.5 Å². The first-order valence-electron chi connectivity index (χ1n) is 8.66. The van der Waals surface area contributed by atoms with Crippen molar-refractivity contribution in [3.8, 4) is 11.5 Å². The van der Waals surface area contributed by atoms with E-state index in [9.17, 15) is 8.42 Å². The number of benzene rings is 2. The van der Waals surface area contributed by atoms with Crippen molar-refractivity contribution in [1.29, 1.82) is 0 Å². The Balaban J connectivity index is 1.38. The Bertz CT molecular complexity index is 890. The number of sulfonamides is 1. The second kappa shape index (κ2) is 7.10. The number of halogens is 1. The summed E-state index contributed by atoms with van der Waals surface area (Å²) in [6.45, 7) is 1.36. The molecule has 0 aliphatic carbocycles. The second-order valence-corrected chi connectivity index (χ2v) is 9.07. The van der Waals surface area contributed by atoms with Crippen LogP contribution in [0.3, 0.4) is 0 Å². The van der Waals surface area contributed by atoms with E-state index in [0.717, 1.165) is 30.8 Å². The Hall–Kier alpha value is -1.76. The lowest BCUT2D eigenvalue weighted by Gasteiger charge is -2.31. The van der Waals surface area contributed by atoms with Crippen LogP contribution < -0.4 is 9.47 Å². The van der Waals surface area contributed by atoms with Gasteiger partial charge in [-0.3, -0.25) is 0 Å². The minimum absolute atomic E-state index is 0.278. The molecule has 0 spiro atoms. The highest BCUT2D eigenvalue weighted by Gasteiger charge is 2.29. The summed E-state index contributed by atoms with van der Waals surface area (Å²) >= 11 is 5.85. The topological polar surface area (TPSA) is 55.8 Å². The molecule has 26 heavy (non-hydrogen) atoms. The quantitative estimate of drug-likeness (QED) is 0.794. The third-order valence-corrected chi connectivity index (χ3v) is 7.15. The molecular weight excluding hydrogens is 374 g/mol. The number of ether oxygens (including phenoxy) is 2. The fourth-order valence-electron chi connectivity index (χ4n) is 3.51. The van der Waals surface area contributed by atoms with Gasteiger partial charge in [-0.25, -0.2) is 8.42 Å². The van der Waals surface area contributed by atoms with E-state index in [-0.39, 0.29) is 6.79 Å². The molecule has 0 aromatic heterocycles. The molecule has 0 radical (unpaired) electrons. The van der Waals surface area contributed by atoms with E-state index in [1.165, 1.54) is 5.56 Å². The number of fused-ring (bicyclic) bond motifs is 1. The van der Waals surface area contributed by atoms with Crippen LogP contribution in [0.1, 0.15) is 18.4 Å². The van der Waals surface area contributed by atoms with Crippen LogP contribution in [0.25, 0.3) is 0 Å². The molecule has 2 aromatic rings. The highest BCUT2D eigenvalue weighted by atomic mass is 35.5. The van der Waals surface area contributed by atoms with Gasteiger partial charge in [-0.05, 0) is 67.1 Å². The van der Waals surface area contributed by atoms with Crippen molar-refractivity contribution in [2.45, 2.75) is 24.2 Å². The van der Waals surface area contributed by atoms with E-state index in [2.05, 4.69) is 6.07 Å². The molecule has 0 saturated carbocycles. The minimum atomic E-state index is -3.44. The van der Waals surface area contributed by atoms with Crippen molar-refractivity contribution in [1.82, 2.24) is 4.31 Å². The monoisotopic (exact) mass is 393 g/mol. The van der Waals surface area contributed by atoms with Crippen LogP contribution >= 0.6 is 11.6 Å². The summed E-state index contributed by atoms with van der Waals surface area (Å²) in [7, 11) is -3.44. The maximum atomic E-state index is 12.7. The van der Waals surface area contributed by atoms with E-state index < -0.39 is 10.0 Å². The Labute approximate surface area is 158 Å². The molecule has 1 fully saturated rings. The van der Waals surface area contributed by atoms with Crippen LogP contribution in [0.5, 0.6) is 11.5 Å². The zero-order valence-corrected chi connectivity index (χ0v) is 15.8. The van der Waals surface area contributed by atoms with Gasteiger partial charge in [0.1, 0.15) is 0 Å². The van der Waals surface area contributed by atoms with Crippen LogP contribution in [-0.4, -0.2) is 32.6 Å². The van der Waals surface area contributed by atoms with Gasteiger partial charge < -0.3 is 9.47 Å². The lowest BCUT2D eigenvalue weighted by Crippen LogP contribution is -2.38. The van der Waals surface area contributed by atoms with Crippen LogP contribution in [0, 0.1) is 5.92 Å². The second-order valence-electron chi connectivity index (χ2n) is 6.69. The molecular formula is C19H20ClNO4S. The third kappa shape index (κ3) is 3.54. The maximum absolute atomic E-state index is 12.7. The number of piperidine rings is 1. The van der Waals surface area contributed by atoms with E-state index in [0.29, 0.717) is 28.9 Å². The zero-order chi connectivity index (χ0) is 18.1. The van der Waals surface area contributed by atoms with Gasteiger partial charge in [-0.2, -0.15) is 4.31 Å². The Morgan fingerprint density at radius 1 is 1.00 bits per heavy atom. The Morgan fingerprint density at radius 3 is 2.42 bits per heavy atom. The van der Waals surface area contributed by atoms with E-state index in [1.54, 1.807) is 28.6 Å². The molecule has 0 unspecified atom stereocenters. The minimum Gasteiger partial charge on any atom is -0.454 e. The third-order valence-electron chi connectivity index (χ3n) is 4.99. The fraction of sp³-hybridized carbons (Fsp3) is 0.368. The zero-order valence-electron chi connectivity index (χ0n) is 14.2. The molecule has 0 atom stereocenters. The van der Waals surface area contributed by atoms with Crippen molar-refractivity contribution in [3.63, 3.8) is 0 Å². The average Bonchev–Trinajstić information content (AvgIpc) is 3.10. The van der Waals surface area contributed by atoms with Crippen molar-refractivity contribution < 1.29 is 17.9 Å². The summed E-state index contributed by atoms with van der Waals surface area (Å²) in [5.74, 6) is 2.05.